The summed E-state index contributed by atoms with van der Waals surface area (Å²) in [4.78, 5) is 23.9. The Morgan fingerprint density at radius 1 is 1.19 bits per heavy atom. The van der Waals surface area contributed by atoms with E-state index in [1.54, 1.807) is 29.6 Å². The van der Waals surface area contributed by atoms with Gasteiger partial charge in [-0.1, -0.05) is 27.5 Å². The molecule has 0 unspecified atom stereocenters. The molecule has 3 N–H and O–H groups in total. The number of rotatable bonds is 2. The average Bonchev–Trinajstić information content (AvgIpc) is 2.79. The van der Waals surface area contributed by atoms with Crippen molar-refractivity contribution in [3.05, 3.63) is 49.6 Å². The van der Waals surface area contributed by atoms with Gasteiger partial charge in [0.1, 0.15) is 4.88 Å². The maximum absolute atomic E-state index is 11.8. The molecule has 8 heteroatoms. The van der Waals surface area contributed by atoms with Crippen LogP contribution in [0.5, 0.6) is 0 Å². The van der Waals surface area contributed by atoms with Gasteiger partial charge < -0.3 is 5.32 Å². The molecule has 1 heterocycles. The van der Waals surface area contributed by atoms with E-state index >= 15 is 0 Å². The van der Waals surface area contributed by atoms with Crippen LogP contribution in [-0.2, 0) is 0 Å². The smallest absolute Gasteiger partial charge is 0.307 e. The van der Waals surface area contributed by atoms with Crippen molar-refractivity contribution in [3.8, 4) is 0 Å². The Bertz CT molecular complexity index is 673. The second-order valence-electron chi connectivity index (χ2n) is 4.10. The van der Waals surface area contributed by atoms with Gasteiger partial charge in [-0.25, -0.2) is 10.2 Å². The number of hydrazine groups is 1. The molecule has 2 rings (SSSR count). The number of hydrogen-bond acceptors (Lipinski definition) is 3. The van der Waals surface area contributed by atoms with E-state index in [9.17, 15) is 9.59 Å². The highest BCUT2D eigenvalue weighted by Crippen LogP contribution is 2.26. The van der Waals surface area contributed by atoms with Crippen LogP contribution < -0.4 is 16.2 Å². The van der Waals surface area contributed by atoms with E-state index < -0.39 is 11.9 Å². The van der Waals surface area contributed by atoms with Crippen molar-refractivity contribution in [2.24, 2.45) is 0 Å². The van der Waals surface area contributed by atoms with Gasteiger partial charge in [-0.3, -0.25) is 10.2 Å². The van der Waals surface area contributed by atoms with E-state index in [0.717, 1.165) is 10.0 Å². The van der Waals surface area contributed by atoms with Crippen LogP contribution in [0.2, 0.25) is 5.02 Å². The molecule has 0 radical (unpaired) electrons. The summed E-state index contributed by atoms with van der Waals surface area (Å²) < 4.78 is 0.907. The number of halogens is 2. The second-order valence-corrected chi connectivity index (χ2v) is 6.28. The molecule has 21 heavy (non-hydrogen) atoms. The maximum Gasteiger partial charge on any atom is 0.337 e. The van der Waals surface area contributed by atoms with Crippen molar-refractivity contribution in [1.29, 1.82) is 0 Å². The molecule has 110 valence electrons. The minimum absolute atomic E-state index is 0.359. The van der Waals surface area contributed by atoms with Crippen molar-refractivity contribution in [3.63, 3.8) is 0 Å². The molecule has 2 aromatic rings. The molecule has 1 aromatic carbocycles. The first kappa shape index (κ1) is 15.8. The van der Waals surface area contributed by atoms with Gasteiger partial charge in [0.2, 0.25) is 0 Å². The van der Waals surface area contributed by atoms with Gasteiger partial charge in [-0.15, -0.1) is 11.3 Å². The van der Waals surface area contributed by atoms with Crippen molar-refractivity contribution in [2.75, 3.05) is 5.32 Å². The van der Waals surface area contributed by atoms with Crippen LogP contribution in [0.3, 0.4) is 0 Å². The molecule has 3 amide bonds. The van der Waals surface area contributed by atoms with Crippen LogP contribution in [-0.4, -0.2) is 11.9 Å². The van der Waals surface area contributed by atoms with E-state index in [2.05, 4.69) is 32.1 Å². The van der Waals surface area contributed by atoms with Gasteiger partial charge in [0.05, 0.1) is 5.02 Å². The summed E-state index contributed by atoms with van der Waals surface area (Å²) in [5, 5.41) is 4.75. The van der Waals surface area contributed by atoms with Crippen LogP contribution in [0.4, 0.5) is 10.5 Å². The zero-order valence-electron chi connectivity index (χ0n) is 10.9. The number of benzene rings is 1. The van der Waals surface area contributed by atoms with E-state index in [0.29, 0.717) is 15.6 Å². The first-order valence-corrected chi connectivity index (χ1v) is 7.89. The Morgan fingerprint density at radius 3 is 2.43 bits per heavy atom. The SMILES string of the molecule is Cc1csc(C(=O)NNC(=O)Nc2ccc(Br)cc2)c1Cl. The fraction of sp³-hybridized carbons (Fsp3) is 0.0769. The molecule has 5 nitrogen and oxygen atoms in total. The van der Waals surface area contributed by atoms with Crippen LogP contribution in [0, 0.1) is 6.92 Å². The Labute approximate surface area is 138 Å². The number of anilines is 1. The Morgan fingerprint density at radius 2 is 1.86 bits per heavy atom. The minimum Gasteiger partial charge on any atom is -0.307 e. The van der Waals surface area contributed by atoms with Gasteiger partial charge in [0.25, 0.3) is 5.91 Å². The average molecular weight is 389 g/mol. The molecule has 0 spiro atoms. The number of thiophene rings is 1. The summed E-state index contributed by atoms with van der Waals surface area (Å²) in [6.45, 7) is 1.81. The van der Waals surface area contributed by atoms with Gasteiger partial charge in [-0.2, -0.15) is 0 Å². The Balaban J connectivity index is 1.88. The van der Waals surface area contributed by atoms with Crippen LogP contribution in [0.25, 0.3) is 0 Å². The van der Waals surface area contributed by atoms with Crippen LogP contribution in [0.15, 0.2) is 34.1 Å². The third-order valence-corrected chi connectivity index (χ3v) is 4.72. The van der Waals surface area contributed by atoms with Gasteiger partial charge in [0, 0.05) is 10.2 Å². The molecule has 0 aliphatic carbocycles. The molecule has 0 saturated heterocycles. The van der Waals surface area contributed by atoms with Crippen molar-refractivity contribution < 1.29 is 9.59 Å². The summed E-state index contributed by atoms with van der Waals surface area (Å²) in [7, 11) is 0. The lowest BCUT2D eigenvalue weighted by atomic mass is 10.3. The van der Waals surface area contributed by atoms with Crippen molar-refractivity contribution >= 4 is 56.5 Å². The quantitative estimate of drug-likeness (QED) is 0.682. The predicted octanol–water partition coefficient (Wildman–Crippen LogP) is 3.94. The zero-order valence-corrected chi connectivity index (χ0v) is 14.0. The zero-order chi connectivity index (χ0) is 15.4. The standard InChI is InChI=1S/C13H11BrClN3O2S/c1-7-6-21-11(10(7)15)12(19)17-18-13(20)16-9-4-2-8(14)3-5-9/h2-6H,1H3,(H,17,19)(H2,16,18,20). The normalized spacial score (nSPS) is 10.0. The number of nitrogens with one attached hydrogen (secondary N) is 3. The number of hydrogen-bond donors (Lipinski definition) is 3. The second kappa shape index (κ2) is 6.93. The molecule has 1 aromatic heterocycles. The lowest BCUT2D eigenvalue weighted by Crippen LogP contribution is -2.43. The lowest BCUT2D eigenvalue weighted by molar-refractivity contribution is 0.0942. The molecule has 0 fully saturated rings. The Kier molecular flexibility index (Phi) is 5.22. The number of aryl methyl sites for hydroxylation is 1. The van der Waals surface area contributed by atoms with E-state index in [4.69, 9.17) is 11.6 Å². The molecular weight excluding hydrogens is 378 g/mol. The molecule has 0 bridgehead atoms. The highest BCUT2D eigenvalue weighted by atomic mass is 79.9. The summed E-state index contributed by atoms with van der Waals surface area (Å²) in [6.07, 6.45) is 0. The highest BCUT2D eigenvalue weighted by molar-refractivity contribution is 9.10. The maximum atomic E-state index is 11.8. The summed E-state index contributed by atoms with van der Waals surface area (Å²) >= 11 is 10.5. The van der Waals surface area contributed by atoms with Crippen LogP contribution in [0.1, 0.15) is 15.2 Å². The molecule has 0 aliphatic heterocycles. The van der Waals surface area contributed by atoms with Crippen molar-refractivity contribution in [1.82, 2.24) is 10.9 Å². The third-order valence-electron chi connectivity index (χ3n) is 2.50. The fourth-order valence-corrected chi connectivity index (χ4v) is 2.89. The van der Waals surface area contributed by atoms with Gasteiger partial charge in [-0.05, 0) is 42.1 Å². The van der Waals surface area contributed by atoms with E-state index in [-0.39, 0.29) is 0 Å². The van der Waals surface area contributed by atoms with Crippen LogP contribution >= 0.6 is 38.9 Å². The van der Waals surface area contributed by atoms with Gasteiger partial charge in [0.15, 0.2) is 0 Å². The number of amides is 3. The lowest BCUT2D eigenvalue weighted by Gasteiger charge is -2.08. The van der Waals surface area contributed by atoms with Crippen molar-refractivity contribution in [2.45, 2.75) is 6.92 Å². The fourth-order valence-electron chi connectivity index (χ4n) is 1.45. The number of urea groups is 1. The topological polar surface area (TPSA) is 70.2 Å². The summed E-state index contributed by atoms with van der Waals surface area (Å²) in [5.74, 6) is -0.455. The monoisotopic (exact) mass is 387 g/mol. The Hall–Kier alpha value is -1.57. The number of carbonyl (C=O) groups is 2. The third kappa shape index (κ3) is 4.20. The summed E-state index contributed by atoms with van der Waals surface area (Å²) in [5.41, 5.74) is 6.00. The summed E-state index contributed by atoms with van der Waals surface area (Å²) in [6, 6.07) is 6.50. The highest BCUT2D eigenvalue weighted by Gasteiger charge is 2.15. The predicted molar refractivity (Wildman–Crippen MR) is 87.8 cm³/mol. The molecule has 0 atom stereocenters. The molecule has 0 aliphatic rings. The largest absolute Gasteiger partial charge is 0.337 e. The molecule has 0 saturated carbocycles. The van der Waals surface area contributed by atoms with E-state index in [1.807, 2.05) is 6.92 Å². The first-order valence-electron chi connectivity index (χ1n) is 5.84. The first-order chi connectivity index (χ1) is 9.97. The molecular formula is C13H11BrClN3O2S. The van der Waals surface area contributed by atoms with E-state index in [1.165, 1.54) is 11.3 Å². The van der Waals surface area contributed by atoms with Gasteiger partial charge >= 0.3 is 6.03 Å². The minimum atomic E-state index is -0.546. The number of carbonyl (C=O) groups excluding carboxylic acids is 2.